The van der Waals surface area contributed by atoms with Crippen molar-refractivity contribution in [3.8, 4) is 11.6 Å². The van der Waals surface area contributed by atoms with Crippen molar-refractivity contribution in [3.63, 3.8) is 0 Å². The molecule has 12 nitrogen and oxygen atoms in total. The van der Waals surface area contributed by atoms with Crippen LogP contribution < -0.4 is 19.1 Å². The number of nitrogens with one attached hydrogen (secondary N) is 1. The fraction of sp³-hybridized carbons (Fsp3) is 0.525. The number of aromatic nitrogens is 2. The first-order valence-corrected chi connectivity index (χ1v) is 20.4. The number of ether oxygens (including phenoxy) is 4. The molecule has 53 heavy (non-hydrogen) atoms. The molecule has 282 valence electrons. The van der Waals surface area contributed by atoms with Gasteiger partial charge in [0.05, 0.1) is 44.5 Å². The maximum atomic E-state index is 14.9. The molecule has 1 saturated heterocycles. The Morgan fingerprint density at radius 3 is 2.77 bits per heavy atom. The second-order valence-electron chi connectivity index (χ2n) is 15.5. The lowest BCUT2D eigenvalue weighted by Gasteiger charge is -2.44. The van der Waals surface area contributed by atoms with Gasteiger partial charge in [0.2, 0.25) is 5.88 Å². The highest BCUT2D eigenvalue weighted by Crippen LogP contribution is 2.46. The third-order valence-corrected chi connectivity index (χ3v) is 13.7. The highest BCUT2D eigenvalue weighted by molar-refractivity contribution is 7.92. The molecule has 4 heterocycles. The normalized spacial score (nSPS) is 31.7. The predicted molar refractivity (Wildman–Crippen MR) is 201 cm³/mol. The van der Waals surface area contributed by atoms with E-state index in [1.165, 1.54) is 34.7 Å². The van der Waals surface area contributed by atoms with E-state index in [0.717, 1.165) is 50.9 Å². The number of carbonyl (C=O) groups is 2. The summed E-state index contributed by atoms with van der Waals surface area (Å²) in [5.41, 5.74) is 4.97. The average molecular weight is 744 g/mol. The summed E-state index contributed by atoms with van der Waals surface area (Å²) in [4.78, 5) is 30.3. The number of benzene rings is 2. The average Bonchev–Trinajstić information content (AvgIpc) is 3.45. The molecule has 2 aromatic carbocycles. The van der Waals surface area contributed by atoms with Crippen LogP contribution in [-0.4, -0.2) is 83.8 Å². The second-order valence-corrected chi connectivity index (χ2v) is 17.5. The number of amides is 2. The summed E-state index contributed by atoms with van der Waals surface area (Å²) in [6, 6.07) is 12.2. The third kappa shape index (κ3) is 6.99. The van der Waals surface area contributed by atoms with Crippen LogP contribution in [0.4, 0.5) is 5.69 Å². The molecule has 0 radical (unpaired) electrons. The Morgan fingerprint density at radius 1 is 1.11 bits per heavy atom. The van der Waals surface area contributed by atoms with Crippen molar-refractivity contribution in [2.75, 3.05) is 50.7 Å². The largest absolute Gasteiger partial charge is 0.490 e. The quantitative estimate of drug-likeness (QED) is 0.361. The lowest BCUT2D eigenvalue weighted by Crippen LogP contribution is -2.48. The first kappa shape index (κ1) is 35.8. The Morgan fingerprint density at radius 2 is 1.96 bits per heavy atom. The molecule has 3 aromatic rings. The molecule has 1 saturated carbocycles. The zero-order valence-electron chi connectivity index (χ0n) is 30.9. The van der Waals surface area contributed by atoms with Crippen LogP contribution in [0.5, 0.6) is 11.6 Å². The molecule has 2 bridgehead atoms. The van der Waals surface area contributed by atoms with Crippen molar-refractivity contribution < 1.29 is 32.7 Å². The fourth-order valence-corrected chi connectivity index (χ4v) is 10.8. The minimum Gasteiger partial charge on any atom is -0.490 e. The number of fused-ring (bicyclic) bond motifs is 5. The molecule has 5 aliphatic rings. The van der Waals surface area contributed by atoms with Gasteiger partial charge in [0.25, 0.3) is 11.8 Å². The van der Waals surface area contributed by atoms with Crippen molar-refractivity contribution in [1.29, 1.82) is 0 Å². The van der Waals surface area contributed by atoms with Gasteiger partial charge in [0, 0.05) is 37.3 Å². The number of rotatable bonds is 3. The van der Waals surface area contributed by atoms with Crippen molar-refractivity contribution in [3.05, 3.63) is 82.6 Å². The molecular weight excluding hydrogens is 695 g/mol. The Kier molecular flexibility index (Phi) is 9.61. The Balaban J connectivity index is 1.22. The van der Waals surface area contributed by atoms with E-state index in [-0.39, 0.29) is 34.3 Å². The highest BCUT2D eigenvalue weighted by Gasteiger charge is 2.43. The van der Waals surface area contributed by atoms with E-state index >= 15 is 0 Å². The van der Waals surface area contributed by atoms with Gasteiger partial charge in [-0.2, -0.15) is 0 Å². The van der Waals surface area contributed by atoms with Gasteiger partial charge in [-0.3, -0.25) is 19.0 Å². The first-order chi connectivity index (χ1) is 25.5. The minimum atomic E-state index is -3.71. The SMILES string of the molecule is COc1nn(C)cc1C(=O)NS1(=O)=NC(=O)c2ccc3c(c2)N(C[C@@H]2CC[C@H]2/C=C/[C@H]2OCCO[C@@H]2[C@H](C)C1)C[C@@]1(CCCc2cc(C)ccc21)CO3. The molecule has 1 N–H and O–H groups in total. The molecular formula is C40H49N5O7S. The van der Waals surface area contributed by atoms with Gasteiger partial charge in [0.15, 0.2) is 0 Å². The van der Waals surface area contributed by atoms with Crippen molar-refractivity contribution in [2.45, 2.75) is 63.6 Å². The summed E-state index contributed by atoms with van der Waals surface area (Å²) >= 11 is 0. The molecule has 3 aliphatic heterocycles. The van der Waals surface area contributed by atoms with Gasteiger partial charge < -0.3 is 23.8 Å². The standard InChI is InChI=1S/C40H49N5O7S/c1-25-7-12-32-28(18-25)6-5-15-40(32)23-45-20-30-9-8-27(30)10-14-35-36(51-17-16-50-35)26(2)22-53(48,43-38(47)31-21-44(3)41-39(31)49-4)42-37(46)29-11-13-34(52-24-40)33(45)19-29/h7,10-14,18-19,21,26-27,30,35-36H,5-6,8-9,15-17,20,22-24H2,1-4H3,(H,42,43,46,47,48)/b14-10+/t26-,27+,30+,35-,36-,40+,53?/m1/s1. The van der Waals surface area contributed by atoms with Gasteiger partial charge in [-0.15, -0.1) is 9.46 Å². The zero-order chi connectivity index (χ0) is 36.9. The molecule has 2 aliphatic carbocycles. The third-order valence-electron chi connectivity index (χ3n) is 11.7. The smallest absolute Gasteiger partial charge is 0.286 e. The molecule has 1 aromatic heterocycles. The molecule has 7 atom stereocenters. The molecule has 1 unspecified atom stereocenters. The lowest BCUT2D eigenvalue weighted by atomic mass is 9.69. The van der Waals surface area contributed by atoms with Gasteiger partial charge in [0.1, 0.15) is 27.3 Å². The zero-order valence-corrected chi connectivity index (χ0v) is 31.7. The highest BCUT2D eigenvalue weighted by atomic mass is 32.2. The van der Waals surface area contributed by atoms with Gasteiger partial charge in [-0.05, 0) is 86.1 Å². The van der Waals surface area contributed by atoms with E-state index < -0.39 is 33.8 Å². The van der Waals surface area contributed by atoms with Crippen LogP contribution in [0.25, 0.3) is 0 Å². The summed E-state index contributed by atoms with van der Waals surface area (Å²) in [6.45, 7) is 6.95. The predicted octanol–water partition coefficient (Wildman–Crippen LogP) is 5.18. The topological polar surface area (TPSA) is 134 Å². The number of aryl methyl sites for hydroxylation is 3. The second kappa shape index (κ2) is 14.2. The summed E-state index contributed by atoms with van der Waals surface area (Å²) in [6.07, 6.45) is 10.3. The Labute approximate surface area is 311 Å². The van der Waals surface area contributed by atoms with E-state index in [4.69, 9.17) is 18.9 Å². The number of nitrogens with zero attached hydrogens (tertiary/aromatic N) is 4. The van der Waals surface area contributed by atoms with Crippen LogP contribution in [0, 0.1) is 24.7 Å². The van der Waals surface area contributed by atoms with Gasteiger partial charge in [-0.25, -0.2) is 4.21 Å². The van der Waals surface area contributed by atoms with Crippen molar-refractivity contribution >= 4 is 27.4 Å². The number of allylic oxidation sites excluding steroid dienone is 1. The maximum absolute atomic E-state index is 14.9. The molecule has 13 heteroatoms. The van der Waals surface area contributed by atoms with Crippen LogP contribution >= 0.6 is 0 Å². The maximum Gasteiger partial charge on any atom is 0.286 e. The Hall–Kier alpha value is -4.20. The van der Waals surface area contributed by atoms with E-state index in [9.17, 15) is 13.8 Å². The molecule has 2 fully saturated rings. The summed E-state index contributed by atoms with van der Waals surface area (Å²) in [5.74, 6) is -0.384. The van der Waals surface area contributed by atoms with E-state index in [1.54, 1.807) is 13.1 Å². The monoisotopic (exact) mass is 743 g/mol. The fourth-order valence-electron chi connectivity index (χ4n) is 8.94. The number of methoxy groups -OCH3 is 1. The lowest BCUT2D eigenvalue weighted by molar-refractivity contribution is -0.136. The van der Waals surface area contributed by atoms with Crippen LogP contribution in [0.3, 0.4) is 0 Å². The van der Waals surface area contributed by atoms with E-state index in [1.807, 2.05) is 19.1 Å². The van der Waals surface area contributed by atoms with Crippen molar-refractivity contribution in [1.82, 2.24) is 14.5 Å². The van der Waals surface area contributed by atoms with Crippen molar-refractivity contribution in [2.24, 2.45) is 29.2 Å². The van der Waals surface area contributed by atoms with Crippen LogP contribution in [-0.2, 0) is 38.3 Å². The molecule has 2 amide bonds. The van der Waals surface area contributed by atoms with Gasteiger partial charge in [-0.1, -0.05) is 42.8 Å². The Bertz CT molecular complexity index is 2070. The number of hydrogen-bond donors (Lipinski definition) is 1. The summed E-state index contributed by atoms with van der Waals surface area (Å²) < 4.78 is 47.7. The van der Waals surface area contributed by atoms with E-state index in [2.05, 4.69) is 56.4 Å². The van der Waals surface area contributed by atoms with Crippen LogP contribution in [0.1, 0.15) is 70.0 Å². The van der Waals surface area contributed by atoms with Crippen LogP contribution in [0.15, 0.2) is 59.1 Å². The number of carbonyl (C=O) groups excluding carboxylic acids is 2. The van der Waals surface area contributed by atoms with Gasteiger partial charge >= 0.3 is 0 Å². The molecule has 1 spiro atoms. The summed E-state index contributed by atoms with van der Waals surface area (Å²) in [7, 11) is -0.649. The number of anilines is 1. The van der Waals surface area contributed by atoms with E-state index in [0.29, 0.717) is 37.4 Å². The molecule has 8 rings (SSSR count). The van der Waals surface area contributed by atoms with Crippen LogP contribution in [0.2, 0.25) is 0 Å². The summed E-state index contributed by atoms with van der Waals surface area (Å²) in [5, 5.41) is 4.17. The minimum absolute atomic E-state index is 0.0726. The number of hydrogen-bond acceptors (Lipinski definition) is 9. The first-order valence-electron chi connectivity index (χ1n) is 18.8.